The number of alkyl halides is 1. The maximum atomic E-state index is 2.55. The quantitative estimate of drug-likeness (QED) is 0.425. The maximum absolute atomic E-state index is 2.55. The third-order valence-electron chi connectivity index (χ3n) is 1.63. The van der Waals surface area contributed by atoms with Crippen LogP contribution in [-0.4, -0.2) is 3.92 Å². The Hall–Kier alpha value is 0.730. The molecule has 0 saturated heterocycles. The van der Waals surface area contributed by atoms with E-state index < -0.39 is 0 Å². The summed E-state index contributed by atoms with van der Waals surface area (Å²) in [6.07, 6.45) is 4.38. The van der Waals surface area contributed by atoms with E-state index in [1.54, 1.807) is 0 Å². The summed E-state index contributed by atoms with van der Waals surface area (Å²) in [5.74, 6) is 1.02. The smallest absolute Gasteiger partial charge is 0.0112 e. The van der Waals surface area contributed by atoms with Gasteiger partial charge in [0.25, 0.3) is 0 Å². The molecule has 0 amide bonds. The van der Waals surface area contributed by atoms with E-state index in [0.717, 1.165) is 9.84 Å². The predicted octanol–water partition coefficient (Wildman–Crippen LogP) is 2.61. The molecule has 0 nitrogen and oxygen atoms in total. The van der Waals surface area contributed by atoms with Crippen molar-refractivity contribution >= 4 is 22.6 Å². The van der Waals surface area contributed by atoms with Crippen molar-refractivity contribution in [3.05, 3.63) is 0 Å². The summed E-state index contributed by atoms with van der Waals surface area (Å²) < 4.78 is 0.993. The Labute approximate surface area is 58.8 Å². The Bertz CT molecular complexity index is 53.2. The molecule has 0 unspecified atom stereocenters. The molecular formula is C6H11I. The van der Waals surface area contributed by atoms with E-state index in [9.17, 15) is 0 Å². The summed E-state index contributed by atoms with van der Waals surface area (Å²) >= 11 is 2.55. The van der Waals surface area contributed by atoms with Crippen molar-refractivity contribution in [1.29, 1.82) is 0 Å². The summed E-state index contributed by atoms with van der Waals surface area (Å²) in [4.78, 5) is 0. The second-order valence-corrected chi connectivity index (χ2v) is 4.28. The lowest BCUT2D eigenvalue weighted by Crippen LogP contribution is -1.86. The fourth-order valence-electron chi connectivity index (χ4n) is 1.14. The molecule has 0 aromatic rings. The molecule has 1 fully saturated rings. The van der Waals surface area contributed by atoms with Gasteiger partial charge >= 0.3 is 0 Å². The molecule has 0 N–H and O–H groups in total. The van der Waals surface area contributed by atoms with Crippen molar-refractivity contribution < 1.29 is 0 Å². The first-order valence-corrected chi connectivity index (χ1v) is 4.17. The van der Waals surface area contributed by atoms with Crippen LogP contribution in [0.1, 0.15) is 26.2 Å². The molecule has 42 valence electrons. The Morgan fingerprint density at radius 2 is 2.14 bits per heavy atom. The van der Waals surface area contributed by atoms with Gasteiger partial charge < -0.3 is 0 Å². The second-order valence-electron chi connectivity index (χ2n) is 2.52. The molecule has 0 aromatic carbocycles. The fourth-order valence-corrected chi connectivity index (χ4v) is 2.37. The summed E-state index contributed by atoms with van der Waals surface area (Å²) in [5, 5.41) is 0. The number of hydrogen-bond acceptors (Lipinski definition) is 0. The summed E-state index contributed by atoms with van der Waals surface area (Å²) in [5.41, 5.74) is 0. The normalized spacial score (nSPS) is 42.0. The van der Waals surface area contributed by atoms with E-state index in [0.29, 0.717) is 0 Å². The standard InChI is InChI=1S/C6H11I/c1-5-2-3-6(7)4-5/h5-6H,2-4H2,1H3/t5-,6+/m1/s1. The number of halogens is 1. The van der Waals surface area contributed by atoms with Crippen molar-refractivity contribution in [2.45, 2.75) is 30.1 Å². The molecule has 1 heteroatoms. The predicted molar refractivity (Wildman–Crippen MR) is 40.8 cm³/mol. The van der Waals surface area contributed by atoms with Gasteiger partial charge in [-0.3, -0.25) is 0 Å². The van der Waals surface area contributed by atoms with Gasteiger partial charge in [0.15, 0.2) is 0 Å². The minimum atomic E-state index is 0.993. The van der Waals surface area contributed by atoms with Crippen LogP contribution in [0.25, 0.3) is 0 Å². The lowest BCUT2D eigenvalue weighted by atomic mass is 10.2. The summed E-state index contributed by atoms with van der Waals surface area (Å²) in [6.45, 7) is 2.35. The van der Waals surface area contributed by atoms with E-state index in [2.05, 4.69) is 29.5 Å². The van der Waals surface area contributed by atoms with Crippen LogP contribution >= 0.6 is 22.6 Å². The van der Waals surface area contributed by atoms with Crippen molar-refractivity contribution in [3.8, 4) is 0 Å². The second kappa shape index (κ2) is 2.33. The van der Waals surface area contributed by atoms with Gasteiger partial charge in [-0.1, -0.05) is 29.5 Å². The van der Waals surface area contributed by atoms with Gasteiger partial charge in [0, 0.05) is 3.92 Å². The zero-order chi connectivity index (χ0) is 5.28. The highest BCUT2D eigenvalue weighted by Crippen LogP contribution is 2.29. The Balaban J connectivity index is 2.26. The largest absolute Gasteiger partial charge is 0.0826 e. The van der Waals surface area contributed by atoms with Crippen LogP contribution in [0.3, 0.4) is 0 Å². The zero-order valence-corrected chi connectivity index (χ0v) is 6.81. The van der Waals surface area contributed by atoms with Crippen molar-refractivity contribution in [1.82, 2.24) is 0 Å². The van der Waals surface area contributed by atoms with Gasteiger partial charge in [-0.15, -0.1) is 0 Å². The molecule has 2 atom stereocenters. The minimum absolute atomic E-state index is 0.993. The highest BCUT2D eigenvalue weighted by molar-refractivity contribution is 14.1. The first kappa shape index (κ1) is 5.86. The molecular weight excluding hydrogens is 199 g/mol. The van der Waals surface area contributed by atoms with Gasteiger partial charge in [-0.05, 0) is 25.2 Å². The average molecular weight is 210 g/mol. The Morgan fingerprint density at radius 3 is 2.29 bits per heavy atom. The van der Waals surface area contributed by atoms with E-state index in [4.69, 9.17) is 0 Å². The van der Waals surface area contributed by atoms with Crippen molar-refractivity contribution in [3.63, 3.8) is 0 Å². The third-order valence-corrected chi connectivity index (χ3v) is 2.76. The molecule has 0 spiro atoms. The van der Waals surface area contributed by atoms with E-state index >= 15 is 0 Å². The zero-order valence-electron chi connectivity index (χ0n) is 4.65. The molecule has 7 heavy (non-hydrogen) atoms. The lowest BCUT2D eigenvalue weighted by molar-refractivity contribution is 0.615. The van der Waals surface area contributed by atoms with Crippen LogP contribution in [0.5, 0.6) is 0 Å². The first-order valence-electron chi connectivity index (χ1n) is 2.93. The molecule has 0 bridgehead atoms. The highest BCUT2D eigenvalue weighted by atomic mass is 127. The van der Waals surface area contributed by atoms with E-state index in [-0.39, 0.29) is 0 Å². The molecule has 0 radical (unpaired) electrons. The van der Waals surface area contributed by atoms with Crippen molar-refractivity contribution in [2.75, 3.05) is 0 Å². The number of rotatable bonds is 0. The summed E-state index contributed by atoms with van der Waals surface area (Å²) in [7, 11) is 0. The average Bonchev–Trinajstić information content (AvgIpc) is 1.87. The van der Waals surface area contributed by atoms with Gasteiger partial charge in [-0.2, -0.15) is 0 Å². The van der Waals surface area contributed by atoms with Gasteiger partial charge in [-0.25, -0.2) is 0 Å². The Morgan fingerprint density at radius 1 is 1.43 bits per heavy atom. The van der Waals surface area contributed by atoms with Crippen LogP contribution in [0, 0.1) is 5.92 Å². The molecule has 1 saturated carbocycles. The van der Waals surface area contributed by atoms with Gasteiger partial charge in [0.2, 0.25) is 0 Å². The highest BCUT2D eigenvalue weighted by Gasteiger charge is 2.17. The molecule has 0 aliphatic heterocycles. The third kappa shape index (κ3) is 1.59. The van der Waals surface area contributed by atoms with Crippen LogP contribution in [0.2, 0.25) is 0 Å². The Kier molecular flexibility index (Phi) is 1.95. The maximum Gasteiger partial charge on any atom is 0.0112 e. The molecule has 0 aromatic heterocycles. The van der Waals surface area contributed by atoms with Crippen LogP contribution in [0.4, 0.5) is 0 Å². The SMILES string of the molecule is C[C@@H]1CC[C@H](I)C1. The van der Waals surface area contributed by atoms with Crippen molar-refractivity contribution in [2.24, 2.45) is 5.92 Å². The molecule has 1 aliphatic rings. The molecule has 1 rings (SSSR count). The molecule has 1 aliphatic carbocycles. The van der Waals surface area contributed by atoms with Crippen LogP contribution in [-0.2, 0) is 0 Å². The monoisotopic (exact) mass is 210 g/mol. The molecule has 0 heterocycles. The van der Waals surface area contributed by atoms with Crippen LogP contribution < -0.4 is 0 Å². The minimum Gasteiger partial charge on any atom is -0.0826 e. The summed E-state index contributed by atoms with van der Waals surface area (Å²) in [6, 6.07) is 0. The van der Waals surface area contributed by atoms with E-state index in [1.165, 1.54) is 19.3 Å². The van der Waals surface area contributed by atoms with E-state index in [1.807, 2.05) is 0 Å². The topological polar surface area (TPSA) is 0 Å². The number of hydrogen-bond donors (Lipinski definition) is 0. The fraction of sp³-hybridized carbons (Fsp3) is 1.00. The van der Waals surface area contributed by atoms with Gasteiger partial charge in [0.05, 0.1) is 0 Å². The van der Waals surface area contributed by atoms with Crippen LogP contribution in [0.15, 0.2) is 0 Å². The lowest BCUT2D eigenvalue weighted by Gasteiger charge is -1.94. The first-order chi connectivity index (χ1) is 3.29. The van der Waals surface area contributed by atoms with Gasteiger partial charge in [0.1, 0.15) is 0 Å².